The number of nitrogens with zero attached hydrogens (tertiary/aromatic N) is 1. The highest BCUT2D eigenvalue weighted by atomic mass is 16.5. The quantitative estimate of drug-likeness (QED) is 0.811. The minimum atomic E-state index is -0.260. The molecule has 2 amide bonds. The molecule has 1 aromatic heterocycles. The zero-order valence-corrected chi connectivity index (χ0v) is 14.1. The molecule has 1 aliphatic carbocycles. The summed E-state index contributed by atoms with van der Waals surface area (Å²) in [6.07, 6.45) is 3.96. The minimum Gasteiger partial charge on any atom is -0.494 e. The van der Waals surface area contributed by atoms with Crippen molar-refractivity contribution in [1.29, 1.82) is 0 Å². The second kappa shape index (κ2) is 7.79. The van der Waals surface area contributed by atoms with Gasteiger partial charge in [-0.3, -0.25) is 14.6 Å². The molecular weight excluding hydrogens is 318 g/mol. The summed E-state index contributed by atoms with van der Waals surface area (Å²) in [5.41, 5.74) is 1.69. The first-order chi connectivity index (χ1) is 12.2. The number of carbonyl (C=O) groups excluding carboxylic acids is 2. The van der Waals surface area contributed by atoms with E-state index in [1.807, 2.05) is 31.2 Å². The van der Waals surface area contributed by atoms with E-state index >= 15 is 0 Å². The zero-order chi connectivity index (χ0) is 17.6. The van der Waals surface area contributed by atoms with Crippen molar-refractivity contribution in [2.75, 3.05) is 11.9 Å². The van der Waals surface area contributed by atoms with E-state index in [2.05, 4.69) is 15.6 Å². The van der Waals surface area contributed by atoms with E-state index in [0.717, 1.165) is 11.3 Å². The van der Waals surface area contributed by atoms with E-state index < -0.39 is 0 Å². The third kappa shape index (κ3) is 4.56. The smallest absolute Gasteiger partial charge is 0.228 e. The number of nitrogens with one attached hydrogen (secondary N) is 2. The van der Waals surface area contributed by atoms with Gasteiger partial charge in [-0.25, -0.2) is 0 Å². The Morgan fingerprint density at radius 1 is 1.08 bits per heavy atom. The number of carbonyl (C=O) groups is 2. The second-order valence-corrected chi connectivity index (χ2v) is 5.97. The van der Waals surface area contributed by atoms with Crippen LogP contribution in [-0.2, 0) is 16.1 Å². The summed E-state index contributed by atoms with van der Waals surface area (Å²) in [5.74, 6) is 0.0608. The molecule has 2 unspecified atom stereocenters. The van der Waals surface area contributed by atoms with Crippen molar-refractivity contribution in [3.05, 3.63) is 54.4 Å². The summed E-state index contributed by atoms with van der Waals surface area (Å²) in [6.45, 7) is 2.97. The van der Waals surface area contributed by atoms with Gasteiger partial charge in [0.1, 0.15) is 5.75 Å². The van der Waals surface area contributed by atoms with E-state index in [0.29, 0.717) is 25.3 Å². The summed E-state index contributed by atoms with van der Waals surface area (Å²) in [5, 5.41) is 5.72. The van der Waals surface area contributed by atoms with Crippen molar-refractivity contribution < 1.29 is 14.3 Å². The van der Waals surface area contributed by atoms with Crippen molar-refractivity contribution in [2.24, 2.45) is 11.8 Å². The monoisotopic (exact) mass is 339 g/mol. The molecule has 130 valence electrons. The fraction of sp³-hybridized carbons (Fsp3) is 0.316. The van der Waals surface area contributed by atoms with E-state index in [1.165, 1.54) is 0 Å². The van der Waals surface area contributed by atoms with Crippen LogP contribution >= 0.6 is 0 Å². The first-order valence-corrected chi connectivity index (χ1v) is 8.37. The van der Waals surface area contributed by atoms with E-state index in [4.69, 9.17) is 4.74 Å². The highest BCUT2D eigenvalue weighted by molar-refractivity contribution is 5.99. The van der Waals surface area contributed by atoms with Gasteiger partial charge in [0.2, 0.25) is 11.8 Å². The lowest BCUT2D eigenvalue weighted by Gasteiger charge is -2.07. The van der Waals surface area contributed by atoms with Crippen LogP contribution in [0.25, 0.3) is 0 Å². The van der Waals surface area contributed by atoms with Crippen LogP contribution in [0.1, 0.15) is 18.9 Å². The predicted molar refractivity (Wildman–Crippen MR) is 93.9 cm³/mol. The van der Waals surface area contributed by atoms with Crippen molar-refractivity contribution in [3.8, 4) is 5.75 Å². The van der Waals surface area contributed by atoms with Crippen LogP contribution in [0.4, 0.5) is 5.69 Å². The summed E-state index contributed by atoms with van der Waals surface area (Å²) in [7, 11) is 0. The molecule has 6 nitrogen and oxygen atoms in total. The maximum absolute atomic E-state index is 12.2. The molecule has 6 heteroatoms. The Kier molecular flexibility index (Phi) is 5.28. The standard InChI is InChI=1S/C19H21N3O3/c1-2-25-15-5-3-14(4-6-15)22-19(24)17-11-16(17)18(23)21-12-13-7-9-20-10-8-13/h3-10,16-17H,2,11-12H2,1H3,(H,21,23)(H,22,24). The topological polar surface area (TPSA) is 80.3 Å². The molecule has 2 aromatic rings. The SMILES string of the molecule is CCOc1ccc(NC(=O)C2CC2C(=O)NCc2ccncc2)cc1. The Hall–Kier alpha value is -2.89. The Labute approximate surface area is 146 Å². The van der Waals surface area contributed by atoms with Gasteiger partial charge >= 0.3 is 0 Å². The fourth-order valence-electron chi connectivity index (χ4n) is 2.63. The van der Waals surface area contributed by atoms with Crippen LogP contribution < -0.4 is 15.4 Å². The molecule has 0 spiro atoms. The van der Waals surface area contributed by atoms with E-state index in [-0.39, 0.29) is 23.7 Å². The summed E-state index contributed by atoms with van der Waals surface area (Å²) >= 11 is 0. The molecule has 0 aliphatic heterocycles. The first kappa shape index (κ1) is 17.0. The Morgan fingerprint density at radius 2 is 1.76 bits per heavy atom. The van der Waals surface area contributed by atoms with Gasteiger partial charge in [0.05, 0.1) is 18.4 Å². The van der Waals surface area contributed by atoms with Crippen molar-refractivity contribution in [2.45, 2.75) is 19.9 Å². The molecule has 25 heavy (non-hydrogen) atoms. The number of rotatable bonds is 7. The largest absolute Gasteiger partial charge is 0.494 e. The maximum Gasteiger partial charge on any atom is 0.228 e. The number of aromatic nitrogens is 1. The number of ether oxygens (including phenoxy) is 1. The molecule has 1 fully saturated rings. The molecule has 0 bridgehead atoms. The van der Waals surface area contributed by atoms with Gasteiger partial charge in [-0.15, -0.1) is 0 Å². The molecule has 0 saturated heterocycles. The average molecular weight is 339 g/mol. The average Bonchev–Trinajstić information content (AvgIpc) is 3.43. The lowest BCUT2D eigenvalue weighted by Crippen LogP contribution is -2.27. The van der Waals surface area contributed by atoms with Gasteiger partial charge in [0.25, 0.3) is 0 Å². The third-order valence-corrected chi connectivity index (χ3v) is 4.11. The predicted octanol–water partition coefficient (Wildman–Crippen LogP) is 2.37. The molecule has 3 rings (SSSR count). The van der Waals surface area contributed by atoms with Crippen LogP contribution in [0.2, 0.25) is 0 Å². The van der Waals surface area contributed by atoms with Gasteiger partial charge in [0.15, 0.2) is 0 Å². The van der Waals surface area contributed by atoms with Gasteiger partial charge < -0.3 is 15.4 Å². The van der Waals surface area contributed by atoms with Crippen LogP contribution in [0.3, 0.4) is 0 Å². The molecular formula is C19H21N3O3. The lowest BCUT2D eigenvalue weighted by molar-refractivity contribution is -0.125. The molecule has 2 N–H and O–H groups in total. The van der Waals surface area contributed by atoms with E-state index in [9.17, 15) is 9.59 Å². The zero-order valence-electron chi connectivity index (χ0n) is 14.1. The molecule has 2 atom stereocenters. The third-order valence-electron chi connectivity index (χ3n) is 4.11. The Bertz CT molecular complexity index is 731. The Morgan fingerprint density at radius 3 is 2.44 bits per heavy atom. The van der Waals surface area contributed by atoms with Crippen molar-refractivity contribution in [1.82, 2.24) is 10.3 Å². The van der Waals surface area contributed by atoms with Crippen LogP contribution in [0.15, 0.2) is 48.8 Å². The van der Waals surface area contributed by atoms with Gasteiger partial charge in [-0.1, -0.05) is 0 Å². The molecule has 0 radical (unpaired) electrons. The minimum absolute atomic E-state index is 0.0799. The molecule has 1 aromatic carbocycles. The maximum atomic E-state index is 12.2. The van der Waals surface area contributed by atoms with Crippen molar-refractivity contribution >= 4 is 17.5 Å². The lowest BCUT2D eigenvalue weighted by atomic mass is 10.2. The highest BCUT2D eigenvalue weighted by Gasteiger charge is 2.47. The highest BCUT2D eigenvalue weighted by Crippen LogP contribution is 2.39. The molecule has 1 saturated carbocycles. The molecule has 1 heterocycles. The Balaban J connectivity index is 1.45. The van der Waals surface area contributed by atoms with Gasteiger partial charge in [-0.2, -0.15) is 0 Å². The number of pyridine rings is 1. The first-order valence-electron chi connectivity index (χ1n) is 8.37. The van der Waals surface area contributed by atoms with Crippen LogP contribution in [-0.4, -0.2) is 23.4 Å². The number of benzene rings is 1. The van der Waals surface area contributed by atoms with Gasteiger partial charge in [-0.05, 0) is 55.3 Å². The van der Waals surface area contributed by atoms with Crippen LogP contribution in [0.5, 0.6) is 5.75 Å². The number of hydrogen-bond donors (Lipinski definition) is 2. The summed E-state index contributed by atoms with van der Waals surface area (Å²) in [4.78, 5) is 28.3. The fourth-order valence-corrected chi connectivity index (χ4v) is 2.63. The summed E-state index contributed by atoms with van der Waals surface area (Å²) in [6, 6.07) is 10.9. The van der Waals surface area contributed by atoms with Gasteiger partial charge in [0, 0.05) is 24.6 Å². The molecule has 1 aliphatic rings. The van der Waals surface area contributed by atoms with E-state index in [1.54, 1.807) is 24.5 Å². The normalized spacial score (nSPS) is 18.3. The second-order valence-electron chi connectivity index (χ2n) is 5.97. The van der Waals surface area contributed by atoms with Crippen molar-refractivity contribution in [3.63, 3.8) is 0 Å². The number of hydrogen-bond acceptors (Lipinski definition) is 4. The van der Waals surface area contributed by atoms with Crippen LogP contribution in [0, 0.1) is 11.8 Å². The number of amides is 2. The number of anilines is 1. The summed E-state index contributed by atoms with van der Waals surface area (Å²) < 4.78 is 5.37.